The van der Waals surface area contributed by atoms with Crippen molar-refractivity contribution in [1.82, 2.24) is 9.97 Å². The zero-order chi connectivity index (χ0) is 14.7. The molecule has 2 aromatic carbocycles. The van der Waals surface area contributed by atoms with Gasteiger partial charge in [-0.25, -0.2) is 15.8 Å². The lowest BCUT2D eigenvalue weighted by atomic mass is 10.2. The van der Waals surface area contributed by atoms with Crippen LogP contribution in [0.1, 0.15) is 12.5 Å². The summed E-state index contributed by atoms with van der Waals surface area (Å²) in [6.07, 6.45) is 0.992. The predicted molar refractivity (Wildman–Crippen MR) is 83.2 cm³/mol. The van der Waals surface area contributed by atoms with Crippen LogP contribution < -0.4 is 16.0 Å². The van der Waals surface area contributed by atoms with Crippen LogP contribution in [0.15, 0.2) is 48.5 Å². The number of hydrogen-bond acceptors (Lipinski definition) is 5. The van der Waals surface area contributed by atoms with Crippen molar-refractivity contribution in [2.45, 2.75) is 13.3 Å². The van der Waals surface area contributed by atoms with Crippen molar-refractivity contribution in [3.63, 3.8) is 0 Å². The van der Waals surface area contributed by atoms with Gasteiger partial charge in [-0.15, -0.1) is 0 Å². The number of rotatable bonds is 4. The molecule has 0 aliphatic carbocycles. The number of anilines is 1. The predicted octanol–water partition coefficient (Wildman–Crippen LogP) is 3.27. The minimum atomic E-state index is 0.362. The van der Waals surface area contributed by atoms with Gasteiger partial charge in [0.25, 0.3) is 5.88 Å². The SMILES string of the molecule is CCc1ccc(Oc2nc3ccccc3nc2NN)cc1. The number of nitrogens with zero attached hydrogens (tertiary/aromatic N) is 2. The summed E-state index contributed by atoms with van der Waals surface area (Å²) in [6.45, 7) is 2.11. The maximum atomic E-state index is 5.79. The fourth-order valence-electron chi connectivity index (χ4n) is 2.05. The molecule has 0 spiro atoms. The smallest absolute Gasteiger partial charge is 0.264 e. The molecule has 0 aliphatic rings. The third-order valence-electron chi connectivity index (χ3n) is 3.22. The van der Waals surface area contributed by atoms with E-state index >= 15 is 0 Å². The van der Waals surface area contributed by atoms with E-state index in [-0.39, 0.29) is 0 Å². The Labute approximate surface area is 122 Å². The van der Waals surface area contributed by atoms with Gasteiger partial charge in [-0.1, -0.05) is 31.2 Å². The zero-order valence-electron chi connectivity index (χ0n) is 11.7. The lowest BCUT2D eigenvalue weighted by molar-refractivity contribution is 0.465. The van der Waals surface area contributed by atoms with Crippen LogP contribution in [0.25, 0.3) is 11.0 Å². The van der Waals surface area contributed by atoms with Gasteiger partial charge in [0, 0.05) is 0 Å². The zero-order valence-corrected chi connectivity index (χ0v) is 11.7. The van der Waals surface area contributed by atoms with E-state index in [9.17, 15) is 0 Å². The van der Waals surface area contributed by atoms with Crippen molar-refractivity contribution in [2.24, 2.45) is 5.84 Å². The van der Waals surface area contributed by atoms with Crippen LogP contribution in [0.2, 0.25) is 0 Å². The van der Waals surface area contributed by atoms with E-state index in [1.807, 2.05) is 48.5 Å². The highest BCUT2D eigenvalue weighted by Crippen LogP contribution is 2.27. The van der Waals surface area contributed by atoms with Gasteiger partial charge in [-0.3, -0.25) is 0 Å². The fourth-order valence-corrected chi connectivity index (χ4v) is 2.05. The number of hydrogen-bond donors (Lipinski definition) is 2. The van der Waals surface area contributed by atoms with E-state index in [4.69, 9.17) is 10.6 Å². The number of fused-ring (bicyclic) bond motifs is 1. The highest BCUT2D eigenvalue weighted by atomic mass is 16.5. The number of ether oxygens (including phenoxy) is 1. The molecule has 1 heterocycles. The number of para-hydroxylation sites is 2. The molecule has 0 saturated heterocycles. The highest BCUT2D eigenvalue weighted by Gasteiger charge is 2.10. The normalized spacial score (nSPS) is 10.6. The first-order valence-corrected chi connectivity index (χ1v) is 6.80. The molecule has 0 amide bonds. The summed E-state index contributed by atoms with van der Waals surface area (Å²) in [5, 5.41) is 0. The van der Waals surface area contributed by atoms with Crippen LogP contribution in [0.4, 0.5) is 5.82 Å². The maximum Gasteiger partial charge on any atom is 0.264 e. The topological polar surface area (TPSA) is 73.1 Å². The second-order valence-corrected chi connectivity index (χ2v) is 4.61. The quantitative estimate of drug-likeness (QED) is 0.567. The molecular weight excluding hydrogens is 264 g/mol. The Hall–Kier alpha value is -2.66. The Bertz CT molecular complexity index is 756. The molecule has 0 aliphatic heterocycles. The summed E-state index contributed by atoms with van der Waals surface area (Å²) in [4.78, 5) is 8.86. The molecule has 3 N–H and O–H groups in total. The average molecular weight is 280 g/mol. The third kappa shape index (κ3) is 2.78. The molecule has 0 atom stereocenters. The molecule has 1 aromatic heterocycles. The van der Waals surface area contributed by atoms with E-state index in [0.717, 1.165) is 17.5 Å². The molecule has 0 bridgehead atoms. The molecule has 3 aromatic rings. The lowest BCUT2D eigenvalue weighted by Gasteiger charge is -2.10. The molecule has 0 radical (unpaired) electrons. The number of benzene rings is 2. The largest absolute Gasteiger partial charge is 0.436 e. The molecule has 0 fully saturated rings. The molecule has 5 heteroatoms. The molecule has 21 heavy (non-hydrogen) atoms. The van der Waals surface area contributed by atoms with Crippen molar-refractivity contribution in [2.75, 3.05) is 5.43 Å². The summed E-state index contributed by atoms with van der Waals surface area (Å²) in [5.74, 6) is 6.98. The molecule has 5 nitrogen and oxygen atoms in total. The van der Waals surface area contributed by atoms with Gasteiger partial charge in [0.05, 0.1) is 11.0 Å². The number of nitrogens with two attached hydrogens (primary N) is 1. The Morgan fingerprint density at radius 3 is 2.29 bits per heavy atom. The minimum absolute atomic E-state index is 0.362. The van der Waals surface area contributed by atoms with Crippen LogP contribution in [0.3, 0.4) is 0 Å². The Morgan fingerprint density at radius 1 is 1.00 bits per heavy atom. The Morgan fingerprint density at radius 2 is 1.67 bits per heavy atom. The van der Waals surface area contributed by atoms with Gasteiger partial charge in [0.2, 0.25) is 5.82 Å². The summed E-state index contributed by atoms with van der Waals surface area (Å²) in [7, 11) is 0. The van der Waals surface area contributed by atoms with Crippen LogP contribution in [-0.4, -0.2) is 9.97 Å². The summed E-state index contributed by atoms with van der Waals surface area (Å²) >= 11 is 0. The maximum absolute atomic E-state index is 5.79. The van der Waals surface area contributed by atoms with Crippen molar-refractivity contribution in [3.05, 3.63) is 54.1 Å². The van der Waals surface area contributed by atoms with Gasteiger partial charge in [-0.2, -0.15) is 0 Å². The Kier molecular flexibility index (Phi) is 3.66. The lowest BCUT2D eigenvalue weighted by Crippen LogP contribution is -2.10. The van der Waals surface area contributed by atoms with Crippen molar-refractivity contribution in [1.29, 1.82) is 0 Å². The van der Waals surface area contributed by atoms with Gasteiger partial charge in [-0.05, 0) is 36.2 Å². The van der Waals surface area contributed by atoms with Crippen LogP contribution in [0.5, 0.6) is 11.6 Å². The van der Waals surface area contributed by atoms with Crippen LogP contribution in [-0.2, 0) is 6.42 Å². The first-order valence-electron chi connectivity index (χ1n) is 6.80. The first-order chi connectivity index (χ1) is 10.3. The second kappa shape index (κ2) is 5.76. The monoisotopic (exact) mass is 280 g/mol. The summed E-state index contributed by atoms with van der Waals surface area (Å²) < 4.78 is 5.79. The van der Waals surface area contributed by atoms with Crippen molar-refractivity contribution >= 4 is 16.9 Å². The van der Waals surface area contributed by atoms with E-state index in [0.29, 0.717) is 17.4 Å². The number of nitrogens with one attached hydrogen (secondary N) is 1. The molecule has 106 valence electrons. The summed E-state index contributed by atoms with van der Waals surface area (Å²) in [6, 6.07) is 15.5. The fraction of sp³-hybridized carbons (Fsp3) is 0.125. The van der Waals surface area contributed by atoms with Crippen LogP contribution in [0, 0.1) is 0 Å². The third-order valence-corrected chi connectivity index (χ3v) is 3.22. The van der Waals surface area contributed by atoms with Crippen molar-refractivity contribution < 1.29 is 4.74 Å². The van der Waals surface area contributed by atoms with E-state index in [2.05, 4.69) is 22.3 Å². The average Bonchev–Trinajstić information content (AvgIpc) is 2.55. The molecule has 3 rings (SSSR count). The first kappa shape index (κ1) is 13.3. The van der Waals surface area contributed by atoms with Gasteiger partial charge >= 0.3 is 0 Å². The van der Waals surface area contributed by atoms with E-state index < -0.39 is 0 Å². The van der Waals surface area contributed by atoms with Crippen LogP contribution >= 0.6 is 0 Å². The van der Waals surface area contributed by atoms with Gasteiger partial charge in [0.1, 0.15) is 5.75 Å². The minimum Gasteiger partial charge on any atom is -0.436 e. The number of aryl methyl sites for hydroxylation is 1. The highest BCUT2D eigenvalue weighted by molar-refractivity contribution is 5.77. The van der Waals surface area contributed by atoms with Gasteiger partial charge in [0.15, 0.2) is 0 Å². The second-order valence-electron chi connectivity index (χ2n) is 4.61. The number of hydrazine groups is 1. The van der Waals surface area contributed by atoms with E-state index in [1.165, 1.54) is 5.56 Å². The molecule has 0 saturated carbocycles. The molecule has 0 unspecified atom stereocenters. The van der Waals surface area contributed by atoms with Gasteiger partial charge < -0.3 is 10.2 Å². The number of nitrogen functional groups attached to an aromatic ring is 1. The van der Waals surface area contributed by atoms with Crippen molar-refractivity contribution in [3.8, 4) is 11.6 Å². The number of aromatic nitrogens is 2. The standard InChI is InChI=1S/C16H16N4O/c1-2-11-7-9-12(10-8-11)21-16-15(20-17)18-13-5-3-4-6-14(13)19-16/h3-10H,2,17H2,1H3,(H,18,20). The molecular formula is C16H16N4O. The Balaban J connectivity index is 1.97. The van der Waals surface area contributed by atoms with E-state index in [1.54, 1.807) is 0 Å². The summed E-state index contributed by atoms with van der Waals surface area (Å²) in [5.41, 5.74) is 5.31.